The lowest BCUT2D eigenvalue weighted by molar-refractivity contribution is -0.127. The molecule has 1 aliphatic rings. The zero-order valence-electron chi connectivity index (χ0n) is 13.6. The third-order valence-electron chi connectivity index (χ3n) is 3.93. The number of carbonyl (C=O) groups excluding carboxylic acids is 2. The van der Waals surface area contributed by atoms with Gasteiger partial charge in [0.05, 0.1) is 17.2 Å². The van der Waals surface area contributed by atoms with E-state index in [1.807, 2.05) is 0 Å². The van der Waals surface area contributed by atoms with Crippen molar-refractivity contribution in [1.82, 2.24) is 0 Å². The first kappa shape index (κ1) is 17.1. The lowest BCUT2D eigenvalue weighted by atomic mass is 10.1. The number of aliphatic hydroxyl groups is 1. The molecular formula is C19H18O6. The second kappa shape index (κ2) is 7.46. The van der Waals surface area contributed by atoms with Crippen molar-refractivity contribution in [2.45, 2.75) is 31.5 Å². The first-order chi connectivity index (χ1) is 12.1. The summed E-state index contributed by atoms with van der Waals surface area (Å²) in [6.45, 7) is 1.64. The molecule has 25 heavy (non-hydrogen) atoms. The molecule has 4 atom stereocenters. The largest absolute Gasteiger partial charge is 0.452 e. The topological polar surface area (TPSA) is 82.1 Å². The van der Waals surface area contributed by atoms with Crippen molar-refractivity contribution in [3.05, 3.63) is 71.8 Å². The summed E-state index contributed by atoms with van der Waals surface area (Å²) in [5.74, 6) is -1.20. The quantitative estimate of drug-likeness (QED) is 0.858. The third-order valence-corrected chi connectivity index (χ3v) is 3.93. The fourth-order valence-corrected chi connectivity index (χ4v) is 2.62. The molecule has 4 unspecified atom stereocenters. The maximum Gasteiger partial charge on any atom is 0.338 e. The van der Waals surface area contributed by atoms with E-state index >= 15 is 0 Å². The molecule has 2 aromatic carbocycles. The molecule has 130 valence electrons. The minimum atomic E-state index is -1.36. The van der Waals surface area contributed by atoms with Crippen LogP contribution in [0.1, 0.15) is 27.6 Å². The van der Waals surface area contributed by atoms with E-state index in [-0.39, 0.29) is 0 Å². The van der Waals surface area contributed by atoms with E-state index in [9.17, 15) is 14.7 Å². The monoisotopic (exact) mass is 342 g/mol. The van der Waals surface area contributed by atoms with Crippen LogP contribution in [-0.2, 0) is 14.2 Å². The Morgan fingerprint density at radius 3 is 1.76 bits per heavy atom. The van der Waals surface area contributed by atoms with Crippen LogP contribution >= 0.6 is 0 Å². The lowest BCUT2D eigenvalue weighted by Crippen LogP contribution is -2.39. The molecule has 6 nitrogen and oxygen atoms in total. The fraction of sp³-hybridized carbons (Fsp3) is 0.263. The van der Waals surface area contributed by atoms with Gasteiger partial charge in [-0.25, -0.2) is 9.59 Å². The van der Waals surface area contributed by atoms with E-state index in [0.717, 1.165) is 0 Å². The first-order valence-electron chi connectivity index (χ1n) is 7.92. The molecule has 1 aliphatic heterocycles. The first-order valence-corrected chi connectivity index (χ1v) is 7.92. The zero-order valence-corrected chi connectivity index (χ0v) is 13.6. The van der Waals surface area contributed by atoms with Gasteiger partial charge in [-0.1, -0.05) is 36.4 Å². The van der Waals surface area contributed by atoms with Crippen LogP contribution in [0.25, 0.3) is 0 Å². The van der Waals surface area contributed by atoms with E-state index in [0.29, 0.717) is 11.1 Å². The van der Waals surface area contributed by atoms with Crippen molar-refractivity contribution in [1.29, 1.82) is 0 Å². The number of benzene rings is 2. The molecule has 1 saturated heterocycles. The Morgan fingerprint density at radius 2 is 1.28 bits per heavy atom. The van der Waals surface area contributed by atoms with E-state index in [1.165, 1.54) is 0 Å². The molecular weight excluding hydrogens is 324 g/mol. The van der Waals surface area contributed by atoms with Crippen LogP contribution in [0.15, 0.2) is 60.7 Å². The standard InChI is InChI=1S/C19H18O6/c1-12-15(24-17(20)13-8-4-2-5-9-13)16(19(22)23-12)25-18(21)14-10-6-3-7-11-14/h2-12,15-16,19,22H,1H3. The van der Waals surface area contributed by atoms with Gasteiger partial charge in [0.25, 0.3) is 0 Å². The SMILES string of the molecule is CC1OC(O)C(OC(=O)c2ccccc2)C1OC(=O)c1ccccc1. The fourth-order valence-electron chi connectivity index (χ4n) is 2.62. The van der Waals surface area contributed by atoms with Crippen molar-refractivity contribution >= 4 is 11.9 Å². The van der Waals surface area contributed by atoms with Crippen molar-refractivity contribution in [2.75, 3.05) is 0 Å². The Bertz CT molecular complexity index is 667. The number of rotatable bonds is 4. The number of hydrogen-bond donors (Lipinski definition) is 1. The molecule has 6 heteroatoms. The van der Waals surface area contributed by atoms with Gasteiger partial charge in [-0.15, -0.1) is 0 Å². The number of aliphatic hydroxyl groups excluding tert-OH is 1. The minimum Gasteiger partial charge on any atom is -0.452 e. The molecule has 1 N–H and O–H groups in total. The summed E-state index contributed by atoms with van der Waals surface area (Å²) in [7, 11) is 0. The highest BCUT2D eigenvalue weighted by atomic mass is 16.7. The second-order valence-electron chi connectivity index (χ2n) is 5.70. The summed E-state index contributed by atoms with van der Waals surface area (Å²) >= 11 is 0. The van der Waals surface area contributed by atoms with Gasteiger partial charge in [0.2, 0.25) is 0 Å². The van der Waals surface area contributed by atoms with Gasteiger partial charge in [0.15, 0.2) is 18.5 Å². The molecule has 0 spiro atoms. The maximum absolute atomic E-state index is 12.3. The van der Waals surface area contributed by atoms with Gasteiger partial charge in [-0.05, 0) is 31.2 Å². The van der Waals surface area contributed by atoms with Crippen LogP contribution in [0, 0.1) is 0 Å². The number of hydrogen-bond acceptors (Lipinski definition) is 6. The Hall–Kier alpha value is -2.70. The molecule has 0 saturated carbocycles. The summed E-state index contributed by atoms with van der Waals surface area (Å²) in [4.78, 5) is 24.5. The normalized spacial score (nSPS) is 25.4. The van der Waals surface area contributed by atoms with Crippen molar-refractivity contribution in [2.24, 2.45) is 0 Å². The highest BCUT2D eigenvalue weighted by molar-refractivity contribution is 5.90. The van der Waals surface area contributed by atoms with Gasteiger partial charge in [0.1, 0.15) is 0 Å². The van der Waals surface area contributed by atoms with Crippen molar-refractivity contribution in [3.8, 4) is 0 Å². The van der Waals surface area contributed by atoms with E-state index < -0.39 is 36.5 Å². The lowest BCUT2D eigenvalue weighted by Gasteiger charge is -2.22. The van der Waals surface area contributed by atoms with Crippen LogP contribution in [0.3, 0.4) is 0 Å². The average Bonchev–Trinajstić information content (AvgIpc) is 2.90. The molecule has 0 bridgehead atoms. The minimum absolute atomic E-state index is 0.336. The molecule has 0 amide bonds. The Labute approximate surface area is 144 Å². The molecule has 1 heterocycles. The summed E-state index contributed by atoms with van der Waals surface area (Å²) < 4.78 is 16.0. The van der Waals surface area contributed by atoms with Crippen LogP contribution in [0.5, 0.6) is 0 Å². The van der Waals surface area contributed by atoms with Crippen molar-refractivity contribution in [3.63, 3.8) is 0 Å². The second-order valence-corrected chi connectivity index (χ2v) is 5.70. The highest BCUT2D eigenvalue weighted by Gasteiger charge is 2.47. The van der Waals surface area contributed by atoms with E-state index in [4.69, 9.17) is 14.2 Å². The number of ether oxygens (including phenoxy) is 3. The highest BCUT2D eigenvalue weighted by Crippen LogP contribution is 2.27. The molecule has 0 radical (unpaired) electrons. The smallest absolute Gasteiger partial charge is 0.338 e. The predicted molar refractivity (Wildman–Crippen MR) is 87.8 cm³/mol. The molecule has 2 aromatic rings. The van der Waals surface area contributed by atoms with Gasteiger partial charge in [-0.3, -0.25) is 0 Å². The van der Waals surface area contributed by atoms with Crippen LogP contribution < -0.4 is 0 Å². The molecule has 0 aliphatic carbocycles. The third kappa shape index (κ3) is 3.87. The Kier molecular flexibility index (Phi) is 5.11. The van der Waals surface area contributed by atoms with E-state index in [1.54, 1.807) is 67.6 Å². The van der Waals surface area contributed by atoms with Crippen LogP contribution in [0.2, 0.25) is 0 Å². The number of esters is 2. The van der Waals surface area contributed by atoms with E-state index in [2.05, 4.69) is 0 Å². The van der Waals surface area contributed by atoms with Gasteiger partial charge >= 0.3 is 11.9 Å². The Morgan fingerprint density at radius 1 is 0.840 bits per heavy atom. The van der Waals surface area contributed by atoms with Gasteiger partial charge < -0.3 is 19.3 Å². The average molecular weight is 342 g/mol. The van der Waals surface area contributed by atoms with Gasteiger partial charge in [0, 0.05) is 0 Å². The molecule has 0 aromatic heterocycles. The van der Waals surface area contributed by atoms with Crippen molar-refractivity contribution < 1.29 is 28.9 Å². The Balaban J connectivity index is 1.72. The summed E-state index contributed by atoms with van der Waals surface area (Å²) in [5, 5.41) is 10.0. The van der Waals surface area contributed by atoms with Gasteiger partial charge in [-0.2, -0.15) is 0 Å². The number of carbonyl (C=O) groups is 2. The molecule has 1 fully saturated rings. The zero-order chi connectivity index (χ0) is 17.8. The molecule has 3 rings (SSSR count). The maximum atomic E-state index is 12.3. The van der Waals surface area contributed by atoms with Crippen LogP contribution in [-0.4, -0.2) is 41.6 Å². The predicted octanol–water partition coefficient (Wildman–Crippen LogP) is 2.17. The van der Waals surface area contributed by atoms with Crippen LogP contribution in [0.4, 0.5) is 0 Å². The summed E-state index contributed by atoms with van der Waals surface area (Å²) in [5.41, 5.74) is 0.701. The summed E-state index contributed by atoms with van der Waals surface area (Å²) in [6.07, 6.45) is -3.99. The summed E-state index contributed by atoms with van der Waals surface area (Å²) in [6, 6.07) is 16.8.